The first-order chi connectivity index (χ1) is 9.26. The largest absolute Gasteiger partial charge is 0.461 e. The van der Waals surface area contributed by atoms with E-state index in [2.05, 4.69) is 25.3 Å². The monoisotopic (exact) mass is 256 g/mol. The standard InChI is InChI=1S/C17H20O2/c1-3-6-16(17(18)19-11-4-2)15-10-9-13-7-5-8-14(13)12-15/h3-4,9-10,12,16H,1-2,5-8,11H2. The number of rotatable bonds is 6. The smallest absolute Gasteiger partial charge is 0.314 e. The molecule has 0 amide bonds. The van der Waals surface area contributed by atoms with Gasteiger partial charge in [-0.3, -0.25) is 4.79 Å². The van der Waals surface area contributed by atoms with Crippen LogP contribution in [0.1, 0.15) is 35.4 Å². The maximum absolute atomic E-state index is 12.1. The fourth-order valence-electron chi connectivity index (χ4n) is 2.59. The molecule has 1 aliphatic carbocycles. The average Bonchev–Trinajstić information content (AvgIpc) is 2.89. The maximum Gasteiger partial charge on any atom is 0.314 e. The summed E-state index contributed by atoms with van der Waals surface area (Å²) in [6, 6.07) is 6.35. The van der Waals surface area contributed by atoms with E-state index in [1.165, 1.54) is 17.5 Å². The van der Waals surface area contributed by atoms with Crippen LogP contribution in [0.25, 0.3) is 0 Å². The highest BCUT2D eigenvalue weighted by Gasteiger charge is 2.22. The van der Waals surface area contributed by atoms with Gasteiger partial charge in [-0.15, -0.1) is 6.58 Å². The van der Waals surface area contributed by atoms with E-state index in [0.717, 1.165) is 18.4 Å². The predicted molar refractivity (Wildman–Crippen MR) is 77.2 cm³/mol. The summed E-state index contributed by atoms with van der Waals surface area (Å²) in [5.41, 5.74) is 3.83. The van der Waals surface area contributed by atoms with E-state index in [1.807, 2.05) is 6.07 Å². The molecule has 0 aromatic heterocycles. The van der Waals surface area contributed by atoms with E-state index in [1.54, 1.807) is 12.2 Å². The van der Waals surface area contributed by atoms with Gasteiger partial charge in [0.05, 0.1) is 5.92 Å². The van der Waals surface area contributed by atoms with E-state index in [0.29, 0.717) is 6.42 Å². The summed E-state index contributed by atoms with van der Waals surface area (Å²) in [6.45, 7) is 7.56. The van der Waals surface area contributed by atoms with Crippen molar-refractivity contribution in [3.05, 3.63) is 60.2 Å². The fraction of sp³-hybridized carbons (Fsp3) is 0.353. The minimum Gasteiger partial charge on any atom is -0.461 e. The Labute approximate surface area is 114 Å². The Kier molecular flexibility index (Phi) is 4.56. The summed E-state index contributed by atoms with van der Waals surface area (Å²) >= 11 is 0. The van der Waals surface area contributed by atoms with Crippen molar-refractivity contribution in [2.45, 2.75) is 31.6 Å². The van der Waals surface area contributed by atoms with Gasteiger partial charge in [0.25, 0.3) is 0 Å². The number of ether oxygens (including phenoxy) is 1. The van der Waals surface area contributed by atoms with Crippen molar-refractivity contribution < 1.29 is 9.53 Å². The fourth-order valence-corrected chi connectivity index (χ4v) is 2.59. The molecule has 0 aliphatic heterocycles. The second kappa shape index (κ2) is 6.37. The Balaban J connectivity index is 2.20. The normalized spacial score (nSPS) is 14.5. The minimum absolute atomic E-state index is 0.197. The molecule has 19 heavy (non-hydrogen) atoms. The van der Waals surface area contributed by atoms with Gasteiger partial charge < -0.3 is 4.74 Å². The molecule has 2 heteroatoms. The van der Waals surface area contributed by atoms with Crippen LogP contribution in [0.2, 0.25) is 0 Å². The Morgan fingerprint density at radius 3 is 2.79 bits per heavy atom. The van der Waals surface area contributed by atoms with Crippen molar-refractivity contribution in [2.24, 2.45) is 0 Å². The number of aryl methyl sites for hydroxylation is 2. The molecule has 1 aromatic rings. The van der Waals surface area contributed by atoms with E-state index in [9.17, 15) is 4.79 Å². The zero-order valence-corrected chi connectivity index (χ0v) is 11.2. The Morgan fingerprint density at radius 1 is 1.26 bits per heavy atom. The maximum atomic E-state index is 12.1. The Morgan fingerprint density at radius 2 is 2.05 bits per heavy atom. The van der Waals surface area contributed by atoms with Crippen molar-refractivity contribution in [1.29, 1.82) is 0 Å². The van der Waals surface area contributed by atoms with Crippen molar-refractivity contribution in [3.63, 3.8) is 0 Å². The van der Waals surface area contributed by atoms with Crippen molar-refractivity contribution >= 4 is 5.97 Å². The molecule has 1 unspecified atom stereocenters. The van der Waals surface area contributed by atoms with Crippen LogP contribution >= 0.6 is 0 Å². The summed E-state index contributed by atoms with van der Waals surface area (Å²) < 4.78 is 5.17. The first kappa shape index (κ1) is 13.6. The summed E-state index contributed by atoms with van der Waals surface area (Å²) in [5, 5.41) is 0. The molecule has 0 heterocycles. The topological polar surface area (TPSA) is 26.3 Å². The number of carbonyl (C=O) groups is 1. The zero-order chi connectivity index (χ0) is 13.7. The minimum atomic E-state index is -0.247. The molecule has 100 valence electrons. The van der Waals surface area contributed by atoms with Crippen LogP contribution in [0.4, 0.5) is 0 Å². The molecule has 0 N–H and O–H groups in total. The van der Waals surface area contributed by atoms with E-state index >= 15 is 0 Å². The van der Waals surface area contributed by atoms with Gasteiger partial charge in [0.15, 0.2) is 0 Å². The van der Waals surface area contributed by atoms with Gasteiger partial charge in [-0.25, -0.2) is 0 Å². The van der Waals surface area contributed by atoms with E-state index < -0.39 is 0 Å². The van der Waals surface area contributed by atoms with Crippen molar-refractivity contribution in [2.75, 3.05) is 6.61 Å². The Hall–Kier alpha value is -1.83. The van der Waals surface area contributed by atoms with Crippen LogP contribution in [0.15, 0.2) is 43.5 Å². The number of hydrogen-bond donors (Lipinski definition) is 0. The molecule has 0 saturated heterocycles. The van der Waals surface area contributed by atoms with Gasteiger partial charge in [0.1, 0.15) is 6.61 Å². The first-order valence-corrected chi connectivity index (χ1v) is 6.76. The summed E-state index contributed by atoms with van der Waals surface area (Å²) in [6.07, 6.45) is 7.45. The van der Waals surface area contributed by atoms with Crippen LogP contribution in [0, 0.1) is 0 Å². The van der Waals surface area contributed by atoms with Crippen LogP contribution in [0.5, 0.6) is 0 Å². The molecule has 2 rings (SSSR count). The van der Waals surface area contributed by atoms with Crippen LogP contribution < -0.4 is 0 Å². The van der Waals surface area contributed by atoms with E-state index in [-0.39, 0.29) is 18.5 Å². The van der Waals surface area contributed by atoms with Gasteiger partial charge in [0, 0.05) is 0 Å². The third-order valence-electron chi connectivity index (χ3n) is 3.56. The second-order valence-corrected chi connectivity index (χ2v) is 4.88. The highest BCUT2D eigenvalue weighted by Crippen LogP contribution is 2.28. The number of carbonyl (C=O) groups excluding carboxylic acids is 1. The lowest BCUT2D eigenvalue weighted by Gasteiger charge is -2.15. The number of esters is 1. The predicted octanol–water partition coefficient (Wildman–Crippen LogP) is 3.56. The highest BCUT2D eigenvalue weighted by molar-refractivity contribution is 5.78. The summed E-state index contributed by atoms with van der Waals surface area (Å²) in [4.78, 5) is 12.1. The molecule has 0 fully saturated rings. The van der Waals surface area contributed by atoms with Gasteiger partial charge in [-0.1, -0.05) is 36.9 Å². The average molecular weight is 256 g/mol. The van der Waals surface area contributed by atoms with Crippen LogP contribution in [0.3, 0.4) is 0 Å². The first-order valence-electron chi connectivity index (χ1n) is 6.76. The zero-order valence-electron chi connectivity index (χ0n) is 11.2. The number of fused-ring (bicyclic) bond motifs is 1. The van der Waals surface area contributed by atoms with Crippen molar-refractivity contribution in [1.82, 2.24) is 0 Å². The van der Waals surface area contributed by atoms with Crippen LogP contribution in [-0.2, 0) is 22.4 Å². The molecule has 0 spiro atoms. The molecule has 1 atom stereocenters. The summed E-state index contributed by atoms with van der Waals surface area (Å²) in [5.74, 6) is -0.443. The third-order valence-corrected chi connectivity index (χ3v) is 3.56. The molecule has 1 aliphatic rings. The van der Waals surface area contributed by atoms with Gasteiger partial charge in [0.2, 0.25) is 0 Å². The SMILES string of the molecule is C=CCOC(=O)C(CC=C)c1ccc2c(c1)CCC2. The highest BCUT2D eigenvalue weighted by atomic mass is 16.5. The molecule has 2 nitrogen and oxygen atoms in total. The van der Waals surface area contributed by atoms with Crippen molar-refractivity contribution in [3.8, 4) is 0 Å². The molecule has 0 bridgehead atoms. The molecule has 1 aromatic carbocycles. The Bertz CT molecular complexity index is 488. The van der Waals surface area contributed by atoms with Gasteiger partial charge in [-0.05, 0) is 42.4 Å². The molecular weight excluding hydrogens is 236 g/mol. The number of benzene rings is 1. The number of hydrogen-bond acceptors (Lipinski definition) is 2. The number of allylic oxidation sites excluding steroid dienone is 1. The molecule has 0 saturated carbocycles. The lowest BCUT2D eigenvalue weighted by Crippen LogP contribution is -2.16. The quantitative estimate of drug-likeness (QED) is 0.574. The lowest BCUT2D eigenvalue weighted by atomic mass is 9.93. The second-order valence-electron chi connectivity index (χ2n) is 4.88. The van der Waals surface area contributed by atoms with Crippen LogP contribution in [-0.4, -0.2) is 12.6 Å². The lowest BCUT2D eigenvalue weighted by molar-refractivity contribution is -0.144. The van der Waals surface area contributed by atoms with Gasteiger partial charge in [-0.2, -0.15) is 0 Å². The van der Waals surface area contributed by atoms with Gasteiger partial charge >= 0.3 is 5.97 Å². The third kappa shape index (κ3) is 3.14. The summed E-state index contributed by atoms with van der Waals surface area (Å²) in [7, 11) is 0. The molecule has 0 radical (unpaired) electrons. The molecular formula is C17H20O2. The van der Waals surface area contributed by atoms with E-state index in [4.69, 9.17) is 4.74 Å².